The van der Waals surface area contributed by atoms with Gasteiger partial charge in [-0.25, -0.2) is 9.97 Å². The minimum atomic E-state index is -4.47. The highest BCUT2D eigenvalue weighted by Crippen LogP contribution is 2.37. The summed E-state index contributed by atoms with van der Waals surface area (Å²) in [6.07, 6.45) is -3.52. The van der Waals surface area contributed by atoms with E-state index in [1.165, 1.54) is 13.2 Å². The third-order valence-corrected chi connectivity index (χ3v) is 5.85. The molecule has 1 aromatic heterocycles. The second-order valence-corrected chi connectivity index (χ2v) is 9.07. The molecule has 1 N–H and O–H groups in total. The van der Waals surface area contributed by atoms with Gasteiger partial charge in [-0.1, -0.05) is 12.1 Å². The van der Waals surface area contributed by atoms with E-state index in [-0.39, 0.29) is 23.0 Å². The fourth-order valence-corrected chi connectivity index (χ4v) is 4.05. The van der Waals surface area contributed by atoms with Crippen molar-refractivity contribution in [2.45, 2.75) is 44.9 Å². The van der Waals surface area contributed by atoms with Crippen LogP contribution < -0.4 is 10.1 Å². The number of aromatic nitrogens is 2. The number of anilines is 1. The molecule has 2 heterocycles. The van der Waals surface area contributed by atoms with E-state index in [2.05, 4.69) is 41.0 Å². The number of alkyl halides is 3. The van der Waals surface area contributed by atoms with E-state index >= 15 is 0 Å². The highest BCUT2D eigenvalue weighted by atomic mass is 19.4. The average Bonchev–Trinajstić information content (AvgIpc) is 3.21. The lowest BCUT2D eigenvalue weighted by Crippen LogP contribution is -2.40. The Kier molecular flexibility index (Phi) is 5.75. The molecule has 2 aromatic carbocycles. The Hall–Kier alpha value is -2.87. The van der Waals surface area contributed by atoms with Crippen molar-refractivity contribution in [2.24, 2.45) is 0 Å². The monoisotopic (exact) mass is 444 g/mol. The zero-order valence-electron chi connectivity index (χ0n) is 18.6. The summed E-state index contributed by atoms with van der Waals surface area (Å²) in [4.78, 5) is 11.6. The molecule has 0 spiro atoms. The Morgan fingerprint density at radius 3 is 2.47 bits per heavy atom. The highest BCUT2D eigenvalue weighted by Gasteiger charge is 2.32. The molecule has 0 unspecified atom stereocenters. The summed E-state index contributed by atoms with van der Waals surface area (Å²) in [6, 6.07) is 11.0. The molecule has 0 aliphatic carbocycles. The van der Waals surface area contributed by atoms with Crippen molar-refractivity contribution in [1.82, 2.24) is 14.9 Å². The van der Waals surface area contributed by atoms with Crippen molar-refractivity contribution in [2.75, 3.05) is 25.5 Å². The van der Waals surface area contributed by atoms with Crippen molar-refractivity contribution in [3.63, 3.8) is 0 Å². The molecular formula is C24H27F3N4O. The Bertz CT molecular complexity index is 1120. The maximum atomic E-state index is 13.4. The molecule has 1 aliphatic rings. The summed E-state index contributed by atoms with van der Waals surface area (Å²) < 4.78 is 45.4. The maximum Gasteiger partial charge on any atom is 0.416 e. The van der Waals surface area contributed by atoms with Gasteiger partial charge in [-0.15, -0.1) is 0 Å². The number of hydrogen-bond acceptors (Lipinski definition) is 5. The first kappa shape index (κ1) is 22.3. The predicted molar refractivity (Wildman–Crippen MR) is 120 cm³/mol. The van der Waals surface area contributed by atoms with Crippen molar-refractivity contribution in [3.05, 3.63) is 48.0 Å². The van der Waals surface area contributed by atoms with Crippen LogP contribution in [0.25, 0.3) is 22.3 Å². The summed E-state index contributed by atoms with van der Waals surface area (Å²) in [6.45, 7) is 8.40. The van der Waals surface area contributed by atoms with Gasteiger partial charge in [0.05, 0.1) is 23.8 Å². The van der Waals surface area contributed by atoms with Crippen molar-refractivity contribution in [3.8, 4) is 17.1 Å². The quantitative estimate of drug-likeness (QED) is 0.567. The molecule has 0 radical (unpaired) electrons. The number of nitrogens with one attached hydrogen (secondary N) is 1. The predicted octanol–water partition coefficient (Wildman–Crippen LogP) is 5.61. The molecule has 4 rings (SSSR count). The number of ether oxygens (including phenoxy) is 1. The molecule has 5 nitrogen and oxygen atoms in total. The molecule has 0 bridgehead atoms. The van der Waals surface area contributed by atoms with Gasteiger partial charge in [0.25, 0.3) is 0 Å². The first-order valence-corrected chi connectivity index (χ1v) is 10.6. The Balaban J connectivity index is 1.77. The van der Waals surface area contributed by atoms with Crippen LogP contribution >= 0.6 is 0 Å². The number of methoxy groups -OCH3 is 1. The summed E-state index contributed by atoms with van der Waals surface area (Å²) >= 11 is 0. The van der Waals surface area contributed by atoms with Gasteiger partial charge >= 0.3 is 6.18 Å². The van der Waals surface area contributed by atoms with Gasteiger partial charge in [0, 0.05) is 30.1 Å². The largest absolute Gasteiger partial charge is 0.496 e. The number of hydrogen-bond donors (Lipinski definition) is 1. The van der Waals surface area contributed by atoms with Crippen LogP contribution in [0.2, 0.25) is 0 Å². The van der Waals surface area contributed by atoms with E-state index in [0.717, 1.165) is 37.0 Å². The van der Waals surface area contributed by atoms with E-state index in [1.807, 2.05) is 24.3 Å². The van der Waals surface area contributed by atoms with Crippen LogP contribution in [-0.4, -0.2) is 46.6 Å². The van der Waals surface area contributed by atoms with Crippen LogP contribution in [0.15, 0.2) is 42.5 Å². The van der Waals surface area contributed by atoms with Crippen molar-refractivity contribution >= 4 is 16.7 Å². The molecule has 1 atom stereocenters. The third kappa shape index (κ3) is 4.50. The molecule has 0 saturated carbocycles. The number of halogens is 3. The number of likely N-dealkylation sites (tertiary alicyclic amines) is 1. The van der Waals surface area contributed by atoms with Gasteiger partial charge in [-0.05, 0) is 57.5 Å². The molecular weight excluding hydrogens is 417 g/mol. The standard InChI is InChI=1S/C24H27F3N4O/c1-23(2,3)31-12-11-16(14-31)28-21-17-7-5-6-8-19(17)29-22(30-21)18-13-15(24(25,26)27)9-10-20(18)32-4/h5-10,13,16H,11-12,14H2,1-4H3,(H,28,29,30)/t16-/m0/s1. The van der Waals surface area contributed by atoms with Crippen molar-refractivity contribution < 1.29 is 17.9 Å². The summed E-state index contributed by atoms with van der Waals surface area (Å²) in [7, 11) is 1.42. The van der Waals surface area contributed by atoms with E-state index < -0.39 is 11.7 Å². The second-order valence-electron chi connectivity index (χ2n) is 9.07. The smallest absolute Gasteiger partial charge is 0.416 e. The van der Waals surface area contributed by atoms with Gasteiger partial charge in [0.2, 0.25) is 0 Å². The van der Waals surface area contributed by atoms with E-state index in [0.29, 0.717) is 17.1 Å². The fraction of sp³-hybridized carbons (Fsp3) is 0.417. The lowest BCUT2D eigenvalue weighted by atomic mass is 10.1. The number of benzene rings is 2. The minimum absolute atomic E-state index is 0.0702. The van der Waals surface area contributed by atoms with Crippen LogP contribution in [0, 0.1) is 0 Å². The molecule has 3 aromatic rings. The average molecular weight is 445 g/mol. The number of para-hydroxylation sites is 1. The van der Waals surface area contributed by atoms with Gasteiger partial charge in [0.1, 0.15) is 11.6 Å². The summed E-state index contributed by atoms with van der Waals surface area (Å²) in [5.41, 5.74) is 0.168. The first-order valence-electron chi connectivity index (χ1n) is 10.6. The lowest BCUT2D eigenvalue weighted by molar-refractivity contribution is -0.137. The topological polar surface area (TPSA) is 50.3 Å². The first-order chi connectivity index (χ1) is 15.1. The SMILES string of the molecule is COc1ccc(C(F)(F)F)cc1-c1nc(N[C@H]2CCN(C(C)(C)C)C2)c2ccccc2n1. The third-order valence-electron chi connectivity index (χ3n) is 5.85. The highest BCUT2D eigenvalue weighted by molar-refractivity contribution is 5.91. The van der Waals surface area contributed by atoms with E-state index in [4.69, 9.17) is 4.74 Å². The Labute approximate surface area is 185 Å². The van der Waals surface area contributed by atoms with Crippen LogP contribution in [0.4, 0.5) is 19.0 Å². The van der Waals surface area contributed by atoms with Crippen LogP contribution in [0.1, 0.15) is 32.8 Å². The van der Waals surface area contributed by atoms with E-state index in [1.54, 1.807) is 0 Å². The molecule has 1 fully saturated rings. The Morgan fingerprint density at radius 2 is 1.81 bits per heavy atom. The summed E-state index contributed by atoms with van der Waals surface area (Å²) in [5.74, 6) is 1.10. The van der Waals surface area contributed by atoms with Crippen LogP contribution in [0.3, 0.4) is 0 Å². The number of fused-ring (bicyclic) bond motifs is 1. The Morgan fingerprint density at radius 1 is 1.06 bits per heavy atom. The lowest BCUT2D eigenvalue weighted by Gasteiger charge is -2.31. The molecule has 170 valence electrons. The molecule has 32 heavy (non-hydrogen) atoms. The van der Waals surface area contributed by atoms with Crippen LogP contribution in [0.5, 0.6) is 5.75 Å². The van der Waals surface area contributed by atoms with Gasteiger partial charge in [-0.3, -0.25) is 4.90 Å². The second kappa shape index (κ2) is 8.24. The molecule has 1 saturated heterocycles. The van der Waals surface area contributed by atoms with Crippen molar-refractivity contribution in [1.29, 1.82) is 0 Å². The number of rotatable bonds is 4. The molecule has 8 heteroatoms. The summed E-state index contributed by atoms with van der Waals surface area (Å²) in [5, 5.41) is 4.35. The number of nitrogens with zero attached hydrogens (tertiary/aromatic N) is 3. The van der Waals surface area contributed by atoms with Gasteiger partial charge < -0.3 is 10.1 Å². The zero-order valence-corrected chi connectivity index (χ0v) is 18.6. The molecule has 1 aliphatic heterocycles. The maximum absolute atomic E-state index is 13.4. The van der Waals surface area contributed by atoms with Gasteiger partial charge in [0.15, 0.2) is 5.82 Å². The zero-order chi connectivity index (χ0) is 23.1. The fourth-order valence-electron chi connectivity index (χ4n) is 4.05. The van der Waals surface area contributed by atoms with Crippen LogP contribution in [-0.2, 0) is 6.18 Å². The normalized spacial score (nSPS) is 17.7. The van der Waals surface area contributed by atoms with E-state index in [9.17, 15) is 13.2 Å². The minimum Gasteiger partial charge on any atom is -0.496 e. The van der Waals surface area contributed by atoms with Gasteiger partial charge in [-0.2, -0.15) is 13.2 Å². The molecule has 0 amide bonds.